The van der Waals surface area contributed by atoms with Crippen LogP contribution in [0.2, 0.25) is 0 Å². The number of imidazole rings is 1. The fourth-order valence-corrected chi connectivity index (χ4v) is 1.53. The predicted octanol–water partition coefficient (Wildman–Crippen LogP) is 0.560. The highest BCUT2D eigenvalue weighted by Gasteiger charge is 2.06. The third-order valence-electron chi connectivity index (χ3n) is 2.30. The third kappa shape index (κ3) is 1.73. The molecule has 0 amide bonds. The van der Waals surface area contributed by atoms with Crippen molar-refractivity contribution in [3.05, 3.63) is 18.2 Å². The van der Waals surface area contributed by atoms with Gasteiger partial charge in [0.05, 0.1) is 17.6 Å². The summed E-state index contributed by atoms with van der Waals surface area (Å²) < 4.78 is 1.92. The first-order chi connectivity index (χ1) is 7.22. The highest BCUT2D eigenvalue weighted by molar-refractivity contribution is 5.81. The predicted molar refractivity (Wildman–Crippen MR) is 60.7 cm³/mol. The maximum Gasteiger partial charge on any atom is 0.203 e. The molecule has 0 aliphatic rings. The molecule has 0 radical (unpaired) electrons. The lowest BCUT2D eigenvalue weighted by Gasteiger charge is -2.03. The van der Waals surface area contributed by atoms with Crippen molar-refractivity contribution in [2.75, 3.05) is 24.2 Å². The largest absolute Gasteiger partial charge is 0.399 e. The molecular weight excluding hydrogens is 192 g/mol. The first-order valence-electron chi connectivity index (χ1n) is 4.79. The van der Waals surface area contributed by atoms with Crippen molar-refractivity contribution in [1.82, 2.24) is 9.55 Å². The smallest absolute Gasteiger partial charge is 0.203 e. The van der Waals surface area contributed by atoms with Crippen LogP contribution >= 0.6 is 0 Å². The number of aliphatic hydroxyl groups is 1. The molecule has 5 heteroatoms. The highest BCUT2D eigenvalue weighted by Crippen LogP contribution is 2.20. The van der Waals surface area contributed by atoms with E-state index in [-0.39, 0.29) is 6.61 Å². The summed E-state index contributed by atoms with van der Waals surface area (Å²) in [6, 6.07) is 5.59. The zero-order valence-electron chi connectivity index (χ0n) is 8.57. The van der Waals surface area contributed by atoms with E-state index < -0.39 is 0 Å². The minimum absolute atomic E-state index is 0.0886. The SMILES string of the molecule is Cn1c(NCCO)nc2ccc(N)cc21. The molecule has 0 unspecified atom stereocenters. The molecule has 0 aliphatic heterocycles. The number of nitrogens with two attached hydrogens (primary N) is 1. The summed E-state index contributed by atoms with van der Waals surface area (Å²) in [5.41, 5.74) is 8.30. The zero-order chi connectivity index (χ0) is 10.8. The fourth-order valence-electron chi connectivity index (χ4n) is 1.53. The van der Waals surface area contributed by atoms with E-state index in [2.05, 4.69) is 10.3 Å². The van der Waals surface area contributed by atoms with Gasteiger partial charge in [-0.1, -0.05) is 0 Å². The summed E-state index contributed by atoms with van der Waals surface area (Å²) in [7, 11) is 1.91. The van der Waals surface area contributed by atoms with Gasteiger partial charge in [-0.15, -0.1) is 0 Å². The summed E-state index contributed by atoms with van der Waals surface area (Å²) in [6.45, 7) is 0.581. The Bertz CT molecular complexity index is 477. The van der Waals surface area contributed by atoms with Crippen molar-refractivity contribution in [1.29, 1.82) is 0 Å². The van der Waals surface area contributed by atoms with E-state index in [0.717, 1.165) is 22.7 Å². The number of hydrogen-bond donors (Lipinski definition) is 3. The number of hydrogen-bond acceptors (Lipinski definition) is 4. The summed E-state index contributed by atoms with van der Waals surface area (Å²) in [6.07, 6.45) is 0. The van der Waals surface area contributed by atoms with Crippen LogP contribution in [0.3, 0.4) is 0 Å². The second-order valence-electron chi connectivity index (χ2n) is 3.39. The number of fused-ring (bicyclic) bond motifs is 1. The number of aliphatic hydroxyl groups excluding tert-OH is 1. The van der Waals surface area contributed by atoms with Crippen LogP contribution in [0.5, 0.6) is 0 Å². The van der Waals surface area contributed by atoms with Crippen LogP contribution in [-0.4, -0.2) is 27.8 Å². The number of nitrogens with zero attached hydrogens (tertiary/aromatic N) is 2. The van der Waals surface area contributed by atoms with E-state index in [9.17, 15) is 0 Å². The van der Waals surface area contributed by atoms with Gasteiger partial charge < -0.3 is 20.7 Å². The van der Waals surface area contributed by atoms with Crippen molar-refractivity contribution >= 4 is 22.7 Å². The Hall–Kier alpha value is -1.75. The van der Waals surface area contributed by atoms with Crippen LogP contribution in [0.15, 0.2) is 18.2 Å². The van der Waals surface area contributed by atoms with Crippen LogP contribution in [0.1, 0.15) is 0 Å². The van der Waals surface area contributed by atoms with Crippen molar-refractivity contribution in [3.63, 3.8) is 0 Å². The number of rotatable bonds is 3. The maximum atomic E-state index is 8.72. The number of nitrogen functional groups attached to an aromatic ring is 1. The van der Waals surface area contributed by atoms with Gasteiger partial charge in [-0.2, -0.15) is 0 Å². The normalized spacial score (nSPS) is 10.8. The lowest BCUT2D eigenvalue weighted by molar-refractivity contribution is 0.310. The molecule has 5 nitrogen and oxygen atoms in total. The topological polar surface area (TPSA) is 76.1 Å². The van der Waals surface area contributed by atoms with Gasteiger partial charge in [0.15, 0.2) is 0 Å². The first-order valence-corrected chi connectivity index (χ1v) is 4.79. The van der Waals surface area contributed by atoms with Gasteiger partial charge in [0.25, 0.3) is 0 Å². The van der Waals surface area contributed by atoms with Crippen LogP contribution in [-0.2, 0) is 7.05 Å². The number of nitrogens with one attached hydrogen (secondary N) is 1. The molecule has 0 saturated carbocycles. The van der Waals surface area contributed by atoms with E-state index >= 15 is 0 Å². The summed E-state index contributed by atoms with van der Waals surface area (Å²) in [4.78, 5) is 4.38. The lowest BCUT2D eigenvalue weighted by Crippen LogP contribution is -2.09. The molecule has 0 fully saturated rings. The maximum absolute atomic E-state index is 8.72. The van der Waals surface area contributed by atoms with Crippen LogP contribution < -0.4 is 11.1 Å². The molecule has 2 rings (SSSR count). The van der Waals surface area contributed by atoms with E-state index in [1.807, 2.05) is 29.8 Å². The van der Waals surface area contributed by atoms with Crippen LogP contribution in [0, 0.1) is 0 Å². The van der Waals surface area contributed by atoms with Crippen molar-refractivity contribution in [2.45, 2.75) is 0 Å². The molecule has 1 heterocycles. The first kappa shape index (κ1) is 9.79. The van der Waals surface area contributed by atoms with Gasteiger partial charge >= 0.3 is 0 Å². The molecule has 0 bridgehead atoms. The molecular formula is C10H14N4O. The summed E-state index contributed by atoms with van der Waals surface area (Å²) in [5.74, 6) is 0.740. The van der Waals surface area contributed by atoms with Crippen molar-refractivity contribution in [3.8, 4) is 0 Å². The average Bonchev–Trinajstić information content (AvgIpc) is 2.53. The zero-order valence-corrected chi connectivity index (χ0v) is 8.57. The Labute approximate surface area is 87.5 Å². The Morgan fingerprint density at radius 2 is 2.33 bits per heavy atom. The fraction of sp³-hybridized carbons (Fsp3) is 0.300. The Morgan fingerprint density at radius 3 is 3.07 bits per heavy atom. The molecule has 2 aromatic rings. The van der Waals surface area contributed by atoms with Crippen molar-refractivity contribution < 1.29 is 5.11 Å². The van der Waals surface area contributed by atoms with E-state index in [1.165, 1.54) is 0 Å². The summed E-state index contributed by atoms with van der Waals surface area (Å²) in [5, 5.41) is 11.8. The van der Waals surface area contributed by atoms with E-state index in [4.69, 9.17) is 10.8 Å². The second-order valence-corrected chi connectivity index (χ2v) is 3.39. The number of aryl methyl sites for hydroxylation is 1. The Balaban J connectivity index is 2.45. The molecule has 15 heavy (non-hydrogen) atoms. The third-order valence-corrected chi connectivity index (χ3v) is 2.30. The second kappa shape index (κ2) is 3.78. The van der Waals surface area contributed by atoms with Gasteiger partial charge in [0.2, 0.25) is 5.95 Å². The molecule has 0 aliphatic carbocycles. The molecule has 0 atom stereocenters. The molecule has 0 saturated heterocycles. The molecule has 0 spiro atoms. The van der Waals surface area contributed by atoms with Crippen LogP contribution in [0.4, 0.5) is 11.6 Å². The highest BCUT2D eigenvalue weighted by atomic mass is 16.3. The average molecular weight is 206 g/mol. The summed E-state index contributed by atoms with van der Waals surface area (Å²) >= 11 is 0. The molecule has 1 aromatic heterocycles. The van der Waals surface area contributed by atoms with Gasteiger partial charge in [-0.3, -0.25) is 0 Å². The Morgan fingerprint density at radius 1 is 1.53 bits per heavy atom. The van der Waals surface area contributed by atoms with E-state index in [1.54, 1.807) is 0 Å². The van der Waals surface area contributed by atoms with Crippen LogP contribution in [0.25, 0.3) is 11.0 Å². The van der Waals surface area contributed by atoms with Gasteiger partial charge in [-0.05, 0) is 18.2 Å². The number of anilines is 2. The minimum Gasteiger partial charge on any atom is -0.399 e. The quantitative estimate of drug-likeness (QED) is 0.641. The van der Waals surface area contributed by atoms with Gasteiger partial charge in [0, 0.05) is 19.3 Å². The Kier molecular flexibility index (Phi) is 2.47. The van der Waals surface area contributed by atoms with Gasteiger partial charge in [0.1, 0.15) is 0 Å². The monoisotopic (exact) mass is 206 g/mol. The van der Waals surface area contributed by atoms with Gasteiger partial charge in [-0.25, -0.2) is 4.98 Å². The van der Waals surface area contributed by atoms with E-state index in [0.29, 0.717) is 6.54 Å². The molecule has 4 N–H and O–H groups in total. The number of aromatic nitrogens is 2. The lowest BCUT2D eigenvalue weighted by atomic mass is 10.3. The minimum atomic E-state index is 0.0886. The standard InChI is InChI=1S/C10H14N4O/c1-14-9-6-7(11)2-3-8(9)13-10(14)12-4-5-15/h2-3,6,15H,4-5,11H2,1H3,(H,12,13). The molecule has 1 aromatic carbocycles. The van der Waals surface area contributed by atoms with Crippen molar-refractivity contribution in [2.24, 2.45) is 7.05 Å². The number of benzene rings is 1. The molecule has 80 valence electrons.